The normalized spacial score (nSPS) is 23.8. The third-order valence-corrected chi connectivity index (χ3v) is 9.28. The molecule has 7 rings (SSSR count). The summed E-state index contributed by atoms with van der Waals surface area (Å²) in [6.07, 6.45) is -0.340. The second-order valence-electron chi connectivity index (χ2n) is 14.1. The molecule has 2 aromatic heterocycles. The quantitative estimate of drug-likeness (QED) is 0.257. The van der Waals surface area contributed by atoms with E-state index in [9.17, 15) is 14.7 Å². The number of aliphatic hydroxyl groups excluding tert-OH is 1. The SMILES string of the molecule is Cc1coc(-c2nc3oc2C24c5cc(F)ccc5N[C@H]2Oc2ccc(cc24)CC(CC(=O)[C@@H](O)C(C)C)C(=O)N[C@H]3C(C)(C)C)n1. The van der Waals surface area contributed by atoms with Gasteiger partial charge in [-0.3, -0.25) is 9.59 Å². The van der Waals surface area contributed by atoms with Crippen molar-refractivity contribution in [3.8, 4) is 17.3 Å². The zero-order valence-electron chi connectivity index (χ0n) is 26.6. The van der Waals surface area contributed by atoms with Crippen LogP contribution in [0.2, 0.25) is 0 Å². The van der Waals surface area contributed by atoms with Crippen LogP contribution in [-0.4, -0.2) is 39.1 Å². The highest BCUT2D eigenvalue weighted by Gasteiger charge is 2.61. The number of fused-ring (bicyclic) bond motifs is 4. The Hall–Kier alpha value is -4.51. The van der Waals surface area contributed by atoms with E-state index in [1.807, 2.05) is 39.0 Å². The molecule has 5 heterocycles. The highest BCUT2D eigenvalue weighted by Crippen LogP contribution is 2.59. The maximum atomic E-state index is 15.1. The molecule has 4 aromatic rings. The number of ether oxygens (including phenoxy) is 1. The van der Waals surface area contributed by atoms with Crippen molar-refractivity contribution in [1.29, 1.82) is 0 Å². The Kier molecular flexibility index (Phi) is 6.89. The number of Topliss-reactive ketones (excluding diaryl/α,β-unsaturated/α-hetero) is 1. The molecule has 240 valence electrons. The second-order valence-corrected chi connectivity index (χ2v) is 14.1. The predicted molar refractivity (Wildman–Crippen MR) is 166 cm³/mol. The van der Waals surface area contributed by atoms with Gasteiger partial charge in [-0.15, -0.1) is 0 Å². The fraction of sp³-hybridized carbons (Fsp3) is 0.429. The van der Waals surface area contributed by atoms with Crippen molar-refractivity contribution >= 4 is 17.4 Å². The van der Waals surface area contributed by atoms with Gasteiger partial charge in [-0.05, 0) is 54.5 Å². The Bertz CT molecular complexity index is 1870. The fourth-order valence-corrected chi connectivity index (χ4v) is 6.89. The second kappa shape index (κ2) is 10.5. The summed E-state index contributed by atoms with van der Waals surface area (Å²) in [4.78, 5) is 36.8. The first-order valence-corrected chi connectivity index (χ1v) is 15.6. The number of halogens is 1. The lowest BCUT2D eigenvalue weighted by molar-refractivity contribution is -0.135. The molecule has 3 aliphatic heterocycles. The van der Waals surface area contributed by atoms with E-state index in [2.05, 4.69) is 15.6 Å². The molecule has 11 heteroatoms. The minimum Gasteiger partial charge on any atom is -0.469 e. The van der Waals surface area contributed by atoms with Crippen LogP contribution in [0.4, 0.5) is 10.1 Å². The van der Waals surface area contributed by atoms with Crippen LogP contribution in [0.25, 0.3) is 11.6 Å². The molecule has 46 heavy (non-hydrogen) atoms. The van der Waals surface area contributed by atoms with Gasteiger partial charge < -0.3 is 29.3 Å². The highest BCUT2D eigenvalue weighted by molar-refractivity contribution is 5.89. The summed E-state index contributed by atoms with van der Waals surface area (Å²) in [5.41, 5.74) is 1.86. The standard InChI is InChI=1S/C35H37FN4O6/c1-16(2)27(42)24(41)13-19-11-18-7-10-25-22(12-18)35(21-14-20(36)8-9-23(21)38-33(35)45-25)29-26(31-37-17(3)15-44-31)39-32(46-29)28(34(4,5)6)40-30(19)43/h7-10,12,14-16,19,27-28,33,38,42H,11,13H2,1-6H3,(H,40,43)/t19?,27-,28+,33-,35?/m0/s1. The molecular formula is C35H37FN4O6. The Labute approximate surface area is 265 Å². The van der Waals surface area contributed by atoms with Gasteiger partial charge in [-0.25, -0.2) is 14.4 Å². The number of nitrogens with one attached hydrogen (secondary N) is 2. The van der Waals surface area contributed by atoms with Crippen molar-refractivity contribution < 1.29 is 32.7 Å². The average Bonchev–Trinajstić information content (AvgIpc) is 3.75. The topological polar surface area (TPSA) is 140 Å². The van der Waals surface area contributed by atoms with Crippen molar-refractivity contribution in [2.75, 3.05) is 5.32 Å². The number of oxazole rings is 2. The predicted octanol–water partition coefficient (Wildman–Crippen LogP) is 5.61. The summed E-state index contributed by atoms with van der Waals surface area (Å²) >= 11 is 0. The maximum Gasteiger partial charge on any atom is 0.249 e. The van der Waals surface area contributed by atoms with E-state index in [0.29, 0.717) is 39.7 Å². The van der Waals surface area contributed by atoms with Crippen molar-refractivity contribution in [3.63, 3.8) is 0 Å². The monoisotopic (exact) mass is 628 g/mol. The first-order chi connectivity index (χ1) is 21.8. The van der Waals surface area contributed by atoms with E-state index < -0.39 is 46.7 Å². The van der Waals surface area contributed by atoms with Crippen molar-refractivity contribution in [1.82, 2.24) is 15.3 Å². The third-order valence-electron chi connectivity index (χ3n) is 9.28. The number of anilines is 1. The largest absolute Gasteiger partial charge is 0.469 e. The molecule has 0 fully saturated rings. The first kappa shape index (κ1) is 30.2. The minimum atomic E-state index is -1.21. The number of ketones is 1. The number of carbonyl (C=O) groups excluding carboxylic acids is 2. The van der Waals surface area contributed by atoms with Crippen LogP contribution in [0.3, 0.4) is 0 Å². The number of aromatic nitrogens is 2. The lowest BCUT2D eigenvalue weighted by Gasteiger charge is -2.32. The van der Waals surface area contributed by atoms with Crippen LogP contribution < -0.4 is 15.4 Å². The number of hydrogen-bond acceptors (Lipinski definition) is 9. The summed E-state index contributed by atoms with van der Waals surface area (Å²) in [7, 11) is 0. The van der Waals surface area contributed by atoms with E-state index in [4.69, 9.17) is 18.6 Å². The lowest BCUT2D eigenvalue weighted by Crippen LogP contribution is -2.42. The smallest absolute Gasteiger partial charge is 0.249 e. The third kappa shape index (κ3) is 4.62. The Morgan fingerprint density at radius 2 is 1.91 bits per heavy atom. The van der Waals surface area contributed by atoms with Crippen LogP contribution in [0.5, 0.6) is 5.75 Å². The molecule has 0 aliphatic carbocycles. The number of benzene rings is 2. The van der Waals surface area contributed by atoms with Crippen molar-refractivity contribution in [2.45, 2.75) is 78.2 Å². The van der Waals surface area contributed by atoms with Gasteiger partial charge in [0.2, 0.25) is 17.7 Å². The number of aliphatic hydroxyl groups is 1. The van der Waals surface area contributed by atoms with Gasteiger partial charge in [0.1, 0.15) is 35.4 Å². The van der Waals surface area contributed by atoms with E-state index in [-0.39, 0.29) is 36.4 Å². The van der Waals surface area contributed by atoms with Gasteiger partial charge in [0, 0.05) is 29.2 Å². The van der Waals surface area contributed by atoms with E-state index in [0.717, 1.165) is 5.56 Å². The van der Waals surface area contributed by atoms with Crippen LogP contribution in [0, 0.1) is 30.0 Å². The maximum absolute atomic E-state index is 15.1. The van der Waals surface area contributed by atoms with Gasteiger partial charge >= 0.3 is 0 Å². The van der Waals surface area contributed by atoms with Crippen molar-refractivity contribution in [3.05, 3.63) is 82.5 Å². The van der Waals surface area contributed by atoms with Gasteiger partial charge in [0.05, 0.1) is 5.69 Å². The number of carbonyl (C=O) groups is 2. The number of rotatable bonds is 5. The molecule has 3 N–H and O–H groups in total. The average molecular weight is 629 g/mol. The molecule has 5 atom stereocenters. The molecule has 2 aromatic carbocycles. The lowest BCUT2D eigenvalue weighted by atomic mass is 9.72. The molecule has 1 spiro atoms. The molecule has 2 unspecified atom stereocenters. The van der Waals surface area contributed by atoms with E-state index in [1.54, 1.807) is 26.8 Å². The van der Waals surface area contributed by atoms with Crippen LogP contribution in [-0.2, 0) is 21.4 Å². The molecule has 3 aliphatic rings. The number of amides is 1. The van der Waals surface area contributed by atoms with Gasteiger partial charge in [-0.1, -0.05) is 46.8 Å². The fourth-order valence-electron chi connectivity index (χ4n) is 6.89. The van der Waals surface area contributed by atoms with Crippen LogP contribution >= 0.6 is 0 Å². The zero-order chi connectivity index (χ0) is 32.7. The Morgan fingerprint density at radius 1 is 1.13 bits per heavy atom. The number of aryl methyl sites for hydroxylation is 1. The number of nitrogens with zero attached hydrogens (tertiary/aromatic N) is 2. The van der Waals surface area contributed by atoms with Gasteiger partial charge in [0.25, 0.3) is 0 Å². The van der Waals surface area contributed by atoms with Gasteiger partial charge in [0.15, 0.2) is 23.5 Å². The van der Waals surface area contributed by atoms with Gasteiger partial charge in [-0.2, -0.15) is 0 Å². The van der Waals surface area contributed by atoms with E-state index >= 15 is 4.39 Å². The van der Waals surface area contributed by atoms with Crippen LogP contribution in [0.15, 0.2) is 51.5 Å². The molecular weight excluding hydrogens is 591 g/mol. The van der Waals surface area contributed by atoms with E-state index in [1.165, 1.54) is 18.4 Å². The summed E-state index contributed by atoms with van der Waals surface area (Å²) in [5, 5.41) is 17.1. The summed E-state index contributed by atoms with van der Waals surface area (Å²) in [5.74, 6) is -0.969. The van der Waals surface area contributed by atoms with Crippen molar-refractivity contribution in [2.24, 2.45) is 17.3 Å². The molecule has 0 saturated heterocycles. The molecule has 1 amide bonds. The Balaban J connectivity index is 1.51. The summed E-state index contributed by atoms with van der Waals surface area (Å²) in [6.45, 7) is 11.2. The summed E-state index contributed by atoms with van der Waals surface area (Å²) in [6, 6.07) is 9.40. The minimum absolute atomic E-state index is 0.156. The zero-order valence-corrected chi connectivity index (χ0v) is 26.6. The molecule has 0 radical (unpaired) electrons. The first-order valence-electron chi connectivity index (χ1n) is 15.6. The Morgan fingerprint density at radius 3 is 2.61 bits per heavy atom. The molecule has 0 saturated carbocycles. The summed E-state index contributed by atoms with van der Waals surface area (Å²) < 4.78 is 34.3. The highest BCUT2D eigenvalue weighted by atomic mass is 19.1. The number of hydrogen-bond donors (Lipinski definition) is 3. The molecule has 10 nitrogen and oxygen atoms in total. The van der Waals surface area contributed by atoms with Crippen LogP contribution in [0.1, 0.15) is 81.1 Å². The molecule has 4 bridgehead atoms.